The minimum absolute atomic E-state index is 0.0104. The van der Waals surface area contributed by atoms with Gasteiger partial charge in [0.15, 0.2) is 11.5 Å². The van der Waals surface area contributed by atoms with E-state index in [1.54, 1.807) is 30.5 Å². The van der Waals surface area contributed by atoms with Crippen molar-refractivity contribution in [2.75, 3.05) is 6.61 Å². The van der Waals surface area contributed by atoms with Crippen LogP contribution in [0.1, 0.15) is 28.4 Å². The fourth-order valence-electron chi connectivity index (χ4n) is 2.77. The summed E-state index contributed by atoms with van der Waals surface area (Å²) in [6.07, 6.45) is 1.65. The van der Waals surface area contributed by atoms with Crippen LogP contribution < -0.4 is 9.47 Å². The summed E-state index contributed by atoms with van der Waals surface area (Å²) >= 11 is 2.15. The summed E-state index contributed by atoms with van der Waals surface area (Å²) in [5.74, 6) is 0.172. The summed E-state index contributed by atoms with van der Waals surface area (Å²) in [7, 11) is 0. The molecule has 3 rings (SSSR count). The lowest BCUT2D eigenvalue weighted by atomic mass is 10.1. The van der Waals surface area contributed by atoms with E-state index < -0.39 is 10.9 Å². The van der Waals surface area contributed by atoms with Gasteiger partial charge in [-0.15, -0.1) is 0 Å². The molecule has 0 aliphatic rings. The number of non-ortho nitro benzene ring substituents is 1. The maximum absolute atomic E-state index is 11.0. The van der Waals surface area contributed by atoms with Crippen LogP contribution in [0.2, 0.25) is 0 Å². The molecule has 164 valence electrons. The van der Waals surface area contributed by atoms with Gasteiger partial charge in [-0.2, -0.15) is 0 Å². The van der Waals surface area contributed by atoms with Crippen LogP contribution in [0.4, 0.5) is 11.4 Å². The van der Waals surface area contributed by atoms with Gasteiger partial charge in [0.05, 0.1) is 26.4 Å². The second-order valence-electron chi connectivity index (χ2n) is 6.59. The van der Waals surface area contributed by atoms with Gasteiger partial charge < -0.3 is 14.6 Å². The van der Waals surface area contributed by atoms with E-state index in [1.807, 2.05) is 19.1 Å². The van der Waals surface area contributed by atoms with Gasteiger partial charge in [0.2, 0.25) is 0 Å². The number of carbonyl (C=O) groups is 1. The first-order valence-corrected chi connectivity index (χ1v) is 10.6. The maximum Gasteiger partial charge on any atom is 0.335 e. The predicted octanol–water partition coefficient (Wildman–Crippen LogP) is 5.63. The Morgan fingerprint density at radius 2 is 1.81 bits per heavy atom. The van der Waals surface area contributed by atoms with Crippen LogP contribution in [0.15, 0.2) is 65.7 Å². The van der Waals surface area contributed by atoms with Crippen molar-refractivity contribution in [3.63, 3.8) is 0 Å². The Labute approximate surface area is 197 Å². The first kappa shape index (κ1) is 23.2. The van der Waals surface area contributed by atoms with Crippen LogP contribution in [0.5, 0.6) is 11.5 Å². The van der Waals surface area contributed by atoms with E-state index in [2.05, 4.69) is 27.6 Å². The molecular weight excluding hydrogens is 527 g/mol. The zero-order valence-corrected chi connectivity index (χ0v) is 19.2. The number of hydrogen-bond donors (Lipinski definition) is 1. The first-order chi connectivity index (χ1) is 15.4. The number of aliphatic imine (C=N–C) groups is 1. The lowest BCUT2D eigenvalue weighted by Crippen LogP contribution is -2.03. The fraction of sp³-hybridized carbons (Fsp3) is 0.130. The van der Waals surface area contributed by atoms with Gasteiger partial charge in [-0.25, -0.2) is 4.79 Å². The minimum Gasteiger partial charge on any atom is -0.490 e. The summed E-state index contributed by atoms with van der Waals surface area (Å²) in [4.78, 5) is 25.7. The number of nitrogens with zero attached hydrogens (tertiary/aromatic N) is 2. The standard InChI is InChI=1S/C23H19IN2O6/c1-2-31-21-12-16(13-25-18-7-9-19(10-8-18)26(29)30)11-20(24)22(21)32-14-15-3-5-17(6-4-15)23(27)28/h3-13H,2,14H2,1H3,(H,27,28). The zero-order chi connectivity index (χ0) is 23.1. The van der Waals surface area contributed by atoms with Crippen LogP contribution in [-0.4, -0.2) is 28.8 Å². The highest BCUT2D eigenvalue weighted by Gasteiger charge is 2.13. The molecule has 0 heterocycles. The Kier molecular flexibility index (Phi) is 7.77. The summed E-state index contributed by atoms with van der Waals surface area (Å²) < 4.78 is 12.5. The molecule has 0 aliphatic carbocycles. The van der Waals surface area contributed by atoms with E-state index in [1.165, 1.54) is 24.3 Å². The summed E-state index contributed by atoms with van der Waals surface area (Å²) in [6, 6.07) is 16.2. The highest BCUT2D eigenvalue weighted by atomic mass is 127. The average molecular weight is 546 g/mol. The molecule has 3 aromatic carbocycles. The lowest BCUT2D eigenvalue weighted by molar-refractivity contribution is -0.384. The number of nitro groups is 1. The molecule has 32 heavy (non-hydrogen) atoms. The van der Waals surface area contributed by atoms with Gasteiger partial charge in [0, 0.05) is 18.3 Å². The number of ether oxygens (including phenoxy) is 2. The average Bonchev–Trinajstić information content (AvgIpc) is 2.78. The summed E-state index contributed by atoms with van der Waals surface area (Å²) in [5.41, 5.74) is 2.44. The third-order valence-electron chi connectivity index (χ3n) is 4.34. The third-order valence-corrected chi connectivity index (χ3v) is 5.14. The molecule has 9 heteroatoms. The van der Waals surface area contributed by atoms with Gasteiger partial charge in [-0.05, 0) is 77.0 Å². The van der Waals surface area contributed by atoms with E-state index in [4.69, 9.17) is 14.6 Å². The molecule has 0 aromatic heterocycles. The van der Waals surface area contributed by atoms with E-state index in [9.17, 15) is 14.9 Å². The molecule has 0 fully saturated rings. The topological polar surface area (TPSA) is 111 Å². The molecule has 8 nitrogen and oxygen atoms in total. The van der Waals surface area contributed by atoms with Crippen LogP contribution in [0, 0.1) is 13.7 Å². The zero-order valence-electron chi connectivity index (χ0n) is 17.0. The molecular formula is C23H19IN2O6. The quantitative estimate of drug-likeness (QED) is 0.161. The second kappa shape index (κ2) is 10.7. The van der Waals surface area contributed by atoms with Crippen molar-refractivity contribution in [2.24, 2.45) is 4.99 Å². The summed E-state index contributed by atoms with van der Waals surface area (Å²) in [5, 5.41) is 19.8. The van der Waals surface area contributed by atoms with Crippen molar-refractivity contribution in [2.45, 2.75) is 13.5 Å². The lowest BCUT2D eigenvalue weighted by Gasteiger charge is -2.15. The van der Waals surface area contributed by atoms with Crippen molar-refractivity contribution in [1.29, 1.82) is 0 Å². The molecule has 0 radical (unpaired) electrons. The number of benzene rings is 3. The fourth-order valence-corrected chi connectivity index (χ4v) is 3.56. The predicted molar refractivity (Wildman–Crippen MR) is 128 cm³/mol. The molecule has 0 amide bonds. The minimum atomic E-state index is -0.975. The number of rotatable bonds is 9. The van der Waals surface area contributed by atoms with Crippen LogP contribution >= 0.6 is 22.6 Å². The molecule has 0 aliphatic heterocycles. The van der Waals surface area contributed by atoms with Crippen molar-refractivity contribution in [3.05, 3.63) is 91.0 Å². The van der Waals surface area contributed by atoms with E-state index in [-0.39, 0.29) is 17.9 Å². The number of hydrogen-bond acceptors (Lipinski definition) is 6. The highest BCUT2D eigenvalue weighted by Crippen LogP contribution is 2.34. The Hall–Kier alpha value is -3.47. The van der Waals surface area contributed by atoms with Gasteiger partial charge in [0.1, 0.15) is 6.61 Å². The largest absolute Gasteiger partial charge is 0.490 e. The molecule has 0 saturated heterocycles. The molecule has 0 atom stereocenters. The van der Waals surface area contributed by atoms with Crippen LogP contribution in [0.25, 0.3) is 0 Å². The Bertz CT molecular complexity index is 1140. The maximum atomic E-state index is 11.0. The smallest absolute Gasteiger partial charge is 0.335 e. The van der Waals surface area contributed by atoms with Gasteiger partial charge in [-0.1, -0.05) is 12.1 Å². The van der Waals surface area contributed by atoms with Gasteiger partial charge in [-0.3, -0.25) is 15.1 Å². The van der Waals surface area contributed by atoms with E-state index in [0.717, 1.165) is 14.7 Å². The normalized spacial score (nSPS) is 10.8. The first-order valence-electron chi connectivity index (χ1n) is 9.57. The molecule has 0 bridgehead atoms. The molecule has 0 saturated carbocycles. The van der Waals surface area contributed by atoms with Gasteiger partial charge in [0.25, 0.3) is 5.69 Å². The van der Waals surface area contributed by atoms with Crippen molar-refractivity contribution < 1.29 is 24.3 Å². The van der Waals surface area contributed by atoms with E-state index >= 15 is 0 Å². The molecule has 0 unspecified atom stereocenters. The third kappa shape index (κ3) is 6.03. The molecule has 3 aromatic rings. The number of nitro benzene ring substituents is 1. The van der Waals surface area contributed by atoms with Crippen LogP contribution in [0.3, 0.4) is 0 Å². The SMILES string of the molecule is CCOc1cc(C=Nc2ccc([N+](=O)[O-])cc2)cc(I)c1OCc1ccc(C(=O)O)cc1. The molecule has 0 spiro atoms. The van der Waals surface area contributed by atoms with Crippen molar-refractivity contribution in [3.8, 4) is 11.5 Å². The number of aromatic carboxylic acids is 1. The Balaban J connectivity index is 1.77. The van der Waals surface area contributed by atoms with Gasteiger partial charge >= 0.3 is 5.97 Å². The number of halogens is 1. The highest BCUT2D eigenvalue weighted by molar-refractivity contribution is 14.1. The van der Waals surface area contributed by atoms with E-state index in [0.29, 0.717) is 23.8 Å². The Morgan fingerprint density at radius 3 is 2.41 bits per heavy atom. The summed E-state index contributed by atoms with van der Waals surface area (Å²) in [6.45, 7) is 2.58. The molecule has 1 N–H and O–H groups in total. The Morgan fingerprint density at radius 1 is 1.12 bits per heavy atom. The monoisotopic (exact) mass is 546 g/mol. The van der Waals surface area contributed by atoms with Crippen molar-refractivity contribution >= 4 is 46.1 Å². The van der Waals surface area contributed by atoms with Crippen molar-refractivity contribution in [1.82, 2.24) is 0 Å². The number of carboxylic acid groups (broad SMARTS) is 1. The number of carboxylic acids is 1. The van der Waals surface area contributed by atoms with Crippen LogP contribution in [-0.2, 0) is 6.61 Å². The second-order valence-corrected chi connectivity index (χ2v) is 7.75.